The second-order valence-electron chi connectivity index (χ2n) is 7.17. The fourth-order valence-corrected chi connectivity index (χ4v) is 4.06. The fraction of sp³-hybridized carbons (Fsp3) is 0.435. The number of likely N-dealkylation sites (tertiary alicyclic amines) is 1. The van der Waals surface area contributed by atoms with Gasteiger partial charge in [-0.3, -0.25) is 9.69 Å². The molecule has 0 aliphatic carbocycles. The first kappa shape index (κ1) is 20.2. The molecule has 3 rings (SSSR count). The monoisotopic (exact) mass is 382 g/mol. The van der Waals surface area contributed by atoms with Gasteiger partial charge in [0.2, 0.25) is 5.91 Å². The lowest BCUT2D eigenvalue weighted by molar-refractivity contribution is -0.119. The average molecular weight is 383 g/mol. The molecule has 5 heteroatoms. The molecule has 1 heterocycles. The molecule has 1 aliphatic rings. The van der Waals surface area contributed by atoms with Gasteiger partial charge in [0, 0.05) is 18.3 Å². The maximum absolute atomic E-state index is 13.1. The van der Waals surface area contributed by atoms with Crippen LogP contribution in [0.2, 0.25) is 0 Å². The lowest BCUT2D eigenvalue weighted by atomic mass is 10.0. The Kier molecular flexibility index (Phi) is 6.57. The third-order valence-electron chi connectivity index (χ3n) is 5.52. The second kappa shape index (κ2) is 9.11. The molecule has 1 unspecified atom stereocenters. The van der Waals surface area contributed by atoms with E-state index in [0.29, 0.717) is 13.1 Å². The van der Waals surface area contributed by atoms with Crippen molar-refractivity contribution in [2.75, 3.05) is 38.8 Å². The minimum atomic E-state index is 0.143. The fourth-order valence-electron chi connectivity index (χ4n) is 4.06. The van der Waals surface area contributed by atoms with E-state index < -0.39 is 0 Å². The van der Waals surface area contributed by atoms with Gasteiger partial charge in [0.25, 0.3) is 0 Å². The number of hydrogen-bond donors (Lipinski definition) is 0. The van der Waals surface area contributed by atoms with Crippen molar-refractivity contribution in [2.24, 2.45) is 0 Å². The summed E-state index contributed by atoms with van der Waals surface area (Å²) in [6, 6.07) is 14.3. The van der Waals surface area contributed by atoms with E-state index in [4.69, 9.17) is 9.47 Å². The Hall–Kier alpha value is -2.53. The molecule has 5 nitrogen and oxygen atoms in total. The Morgan fingerprint density at radius 1 is 1.14 bits per heavy atom. The summed E-state index contributed by atoms with van der Waals surface area (Å²) >= 11 is 0. The van der Waals surface area contributed by atoms with Gasteiger partial charge in [-0.05, 0) is 62.6 Å². The van der Waals surface area contributed by atoms with E-state index in [1.54, 1.807) is 14.2 Å². The first-order valence-electron chi connectivity index (χ1n) is 9.91. The van der Waals surface area contributed by atoms with E-state index >= 15 is 0 Å². The number of carbonyl (C=O) groups excluding carboxylic acids is 1. The first-order valence-corrected chi connectivity index (χ1v) is 9.91. The van der Waals surface area contributed by atoms with E-state index in [0.717, 1.165) is 42.1 Å². The van der Waals surface area contributed by atoms with Crippen molar-refractivity contribution >= 4 is 11.6 Å². The number of likely N-dealkylation sites (N-methyl/N-ethyl adjacent to an activating group) is 1. The Morgan fingerprint density at radius 2 is 1.89 bits per heavy atom. The zero-order chi connectivity index (χ0) is 20.1. The average Bonchev–Trinajstić information content (AvgIpc) is 3.17. The zero-order valence-corrected chi connectivity index (χ0v) is 17.3. The van der Waals surface area contributed by atoms with E-state index in [1.807, 2.05) is 55.1 Å². The molecule has 0 bridgehead atoms. The lowest BCUT2D eigenvalue weighted by Crippen LogP contribution is -2.40. The Balaban J connectivity index is 1.78. The number of benzene rings is 2. The van der Waals surface area contributed by atoms with Crippen molar-refractivity contribution in [3.8, 4) is 11.5 Å². The van der Waals surface area contributed by atoms with Gasteiger partial charge >= 0.3 is 0 Å². The van der Waals surface area contributed by atoms with Crippen LogP contribution in [0, 0.1) is 6.92 Å². The van der Waals surface area contributed by atoms with Gasteiger partial charge in [-0.1, -0.05) is 24.3 Å². The Bertz CT molecular complexity index is 821. The summed E-state index contributed by atoms with van der Waals surface area (Å²) in [6.07, 6.45) is 2.13. The van der Waals surface area contributed by atoms with E-state index in [-0.39, 0.29) is 11.9 Å². The van der Waals surface area contributed by atoms with Crippen LogP contribution >= 0.6 is 0 Å². The summed E-state index contributed by atoms with van der Waals surface area (Å²) in [4.78, 5) is 17.3. The largest absolute Gasteiger partial charge is 0.493 e. The minimum Gasteiger partial charge on any atom is -0.493 e. The second-order valence-corrected chi connectivity index (χ2v) is 7.17. The SMILES string of the molecule is CCN(C(=O)CN1CCCC1c1ccc(OC)c(OC)c1)c1ccccc1C. The van der Waals surface area contributed by atoms with Crippen molar-refractivity contribution in [3.05, 3.63) is 53.6 Å². The van der Waals surface area contributed by atoms with Crippen molar-refractivity contribution < 1.29 is 14.3 Å². The van der Waals surface area contributed by atoms with Crippen LogP contribution in [0.1, 0.15) is 36.9 Å². The number of ether oxygens (including phenoxy) is 2. The highest BCUT2D eigenvalue weighted by Gasteiger charge is 2.30. The van der Waals surface area contributed by atoms with Crippen LogP contribution in [-0.2, 0) is 4.79 Å². The van der Waals surface area contributed by atoms with Gasteiger partial charge in [-0.25, -0.2) is 0 Å². The molecule has 1 saturated heterocycles. The van der Waals surface area contributed by atoms with E-state index in [1.165, 1.54) is 5.56 Å². The van der Waals surface area contributed by atoms with Crippen molar-refractivity contribution in [1.29, 1.82) is 0 Å². The molecule has 0 saturated carbocycles. The maximum atomic E-state index is 13.1. The lowest BCUT2D eigenvalue weighted by Gasteiger charge is -2.29. The standard InChI is InChI=1S/C23H30N2O3/c1-5-25(19-10-7-6-9-17(19)2)23(26)16-24-14-8-11-20(24)18-12-13-21(27-3)22(15-18)28-4/h6-7,9-10,12-13,15,20H,5,8,11,14,16H2,1-4H3. The quantitative estimate of drug-likeness (QED) is 0.720. The minimum absolute atomic E-state index is 0.143. The molecule has 1 aliphatic heterocycles. The number of aryl methyl sites for hydroxylation is 1. The Morgan fingerprint density at radius 3 is 2.57 bits per heavy atom. The summed E-state index contributed by atoms with van der Waals surface area (Å²) in [5.41, 5.74) is 3.29. The molecular weight excluding hydrogens is 352 g/mol. The predicted molar refractivity (Wildman–Crippen MR) is 112 cm³/mol. The number of para-hydroxylation sites is 1. The van der Waals surface area contributed by atoms with Crippen LogP contribution < -0.4 is 14.4 Å². The number of hydrogen-bond acceptors (Lipinski definition) is 4. The molecule has 0 spiro atoms. The molecule has 28 heavy (non-hydrogen) atoms. The van der Waals surface area contributed by atoms with Gasteiger partial charge in [0.15, 0.2) is 11.5 Å². The molecule has 0 N–H and O–H groups in total. The molecule has 0 radical (unpaired) electrons. The van der Waals surface area contributed by atoms with Gasteiger partial charge < -0.3 is 14.4 Å². The zero-order valence-electron chi connectivity index (χ0n) is 17.3. The smallest absolute Gasteiger partial charge is 0.241 e. The number of nitrogens with zero attached hydrogens (tertiary/aromatic N) is 2. The van der Waals surface area contributed by atoms with Crippen LogP contribution in [0.5, 0.6) is 11.5 Å². The number of rotatable bonds is 7. The van der Waals surface area contributed by atoms with Gasteiger partial charge in [0.1, 0.15) is 0 Å². The normalized spacial score (nSPS) is 16.8. The summed E-state index contributed by atoms with van der Waals surface area (Å²) in [5.74, 6) is 1.60. The van der Waals surface area contributed by atoms with Crippen LogP contribution in [0.3, 0.4) is 0 Å². The topological polar surface area (TPSA) is 42.0 Å². The number of amides is 1. The summed E-state index contributed by atoms with van der Waals surface area (Å²) in [5, 5.41) is 0. The molecule has 0 aromatic heterocycles. The molecule has 2 aromatic rings. The van der Waals surface area contributed by atoms with Crippen molar-refractivity contribution in [3.63, 3.8) is 0 Å². The first-order chi connectivity index (χ1) is 13.6. The molecule has 2 aromatic carbocycles. The Labute approximate surface area is 167 Å². The van der Waals surface area contributed by atoms with Crippen molar-refractivity contribution in [1.82, 2.24) is 4.90 Å². The van der Waals surface area contributed by atoms with Gasteiger partial charge in [-0.15, -0.1) is 0 Å². The van der Waals surface area contributed by atoms with Crippen LogP contribution in [0.25, 0.3) is 0 Å². The third-order valence-corrected chi connectivity index (χ3v) is 5.52. The number of methoxy groups -OCH3 is 2. The van der Waals surface area contributed by atoms with Crippen LogP contribution in [0.15, 0.2) is 42.5 Å². The molecule has 1 atom stereocenters. The maximum Gasteiger partial charge on any atom is 0.241 e. The summed E-state index contributed by atoms with van der Waals surface area (Å²) in [7, 11) is 3.29. The third kappa shape index (κ3) is 4.14. The van der Waals surface area contributed by atoms with Gasteiger partial charge in [0.05, 0.1) is 20.8 Å². The van der Waals surface area contributed by atoms with E-state index in [9.17, 15) is 4.79 Å². The number of carbonyl (C=O) groups is 1. The highest BCUT2D eigenvalue weighted by atomic mass is 16.5. The van der Waals surface area contributed by atoms with Crippen LogP contribution in [0.4, 0.5) is 5.69 Å². The molecule has 150 valence electrons. The molecule has 1 fully saturated rings. The number of anilines is 1. The highest BCUT2D eigenvalue weighted by Crippen LogP contribution is 2.37. The van der Waals surface area contributed by atoms with Gasteiger partial charge in [-0.2, -0.15) is 0 Å². The predicted octanol–water partition coefficient (Wildman–Crippen LogP) is 4.20. The van der Waals surface area contributed by atoms with Crippen molar-refractivity contribution in [2.45, 2.75) is 32.7 Å². The molecule has 1 amide bonds. The van der Waals surface area contributed by atoms with Crippen LogP contribution in [-0.4, -0.2) is 44.7 Å². The summed E-state index contributed by atoms with van der Waals surface area (Å²) in [6.45, 7) is 6.09. The summed E-state index contributed by atoms with van der Waals surface area (Å²) < 4.78 is 10.8. The van der Waals surface area contributed by atoms with E-state index in [2.05, 4.69) is 11.0 Å². The molecular formula is C23H30N2O3. The highest BCUT2D eigenvalue weighted by molar-refractivity contribution is 5.95.